The van der Waals surface area contributed by atoms with E-state index in [4.69, 9.17) is 5.73 Å². The van der Waals surface area contributed by atoms with Crippen molar-refractivity contribution in [2.45, 2.75) is 11.8 Å². The molecule has 0 aromatic heterocycles. The zero-order valence-electron chi connectivity index (χ0n) is 10.8. The van der Waals surface area contributed by atoms with Crippen LogP contribution < -0.4 is 15.8 Å². The molecule has 0 spiro atoms. The Morgan fingerprint density at radius 1 is 1.42 bits per heavy atom. The Morgan fingerprint density at radius 3 is 2.68 bits per heavy atom. The van der Waals surface area contributed by atoms with E-state index >= 15 is 0 Å². The first-order chi connectivity index (χ1) is 8.90. The first kappa shape index (κ1) is 15.3. The molecule has 0 aliphatic rings. The van der Waals surface area contributed by atoms with Crippen LogP contribution in [-0.2, 0) is 19.6 Å². The molecule has 0 atom stereocenters. The van der Waals surface area contributed by atoms with E-state index < -0.39 is 16.0 Å². The highest BCUT2D eigenvalue weighted by Gasteiger charge is 2.14. The Hall–Kier alpha value is -1.80. The van der Waals surface area contributed by atoms with Gasteiger partial charge in [0.2, 0.25) is 10.0 Å². The third-order valence-corrected chi connectivity index (χ3v) is 3.86. The largest absolute Gasteiger partial charge is 0.468 e. The lowest BCUT2D eigenvalue weighted by molar-refractivity contribution is -0.138. The summed E-state index contributed by atoms with van der Waals surface area (Å²) in [5.41, 5.74) is 6.42. The third-order valence-electron chi connectivity index (χ3n) is 2.32. The van der Waals surface area contributed by atoms with Crippen LogP contribution in [0.1, 0.15) is 6.92 Å². The molecule has 1 aromatic carbocycles. The van der Waals surface area contributed by atoms with Gasteiger partial charge in [0.1, 0.15) is 6.54 Å². The van der Waals surface area contributed by atoms with Gasteiger partial charge in [-0.05, 0) is 18.2 Å². The smallest absolute Gasteiger partial charge is 0.325 e. The Balaban J connectivity index is 2.97. The first-order valence-corrected chi connectivity index (χ1v) is 7.09. The van der Waals surface area contributed by atoms with E-state index in [0.717, 1.165) is 0 Å². The van der Waals surface area contributed by atoms with Gasteiger partial charge in [0.15, 0.2) is 0 Å². The minimum atomic E-state index is -3.56. The molecule has 0 saturated carbocycles. The predicted octanol–water partition coefficient (Wildman–Crippen LogP) is 0.152. The molecule has 0 aliphatic heterocycles. The maximum atomic E-state index is 11.8. The van der Waals surface area contributed by atoms with E-state index in [9.17, 15) is 13.2 Å². The van der Waals surface area contributed by atoms with E-state index in [-0.39, 0.29) is 18.0 Å². The molecule has 0 amide bonds. The number of carbonyl (C=O) groups is 1. The Kier molecular flexibility index (Phi) is 5.13. The lowest BCUT2D eigenvalue weighted by Gasteiger charge is -2.11. The number of nitrogens with two attached hydrogens (primary N) is 1. The van der Waals surface area contributed by atoms with Gasteiger partial charge in [-0.1, -0.05) is 6.92 Å². The molecular formula is C11H17N3O4S. The quantitative estimate of drug-likeness (QED) is 0.507. The minimum absolute atomic E-state index is 0.0796. The lowest BCUT2D eigenvalue weighted by Crippen LogP contribution is -2.23. The molecule has 0 aliphatic carbocycles. The molecule has 8 heteroatoms. The van der Waals surface area contributed by atoms with Crippen molar-refractivity contribution in [3.8, 4) is 0 Å². The fourth-order valence-corrected chi connectivity index (χ4v) is 2.44. The number of sulfonamides is 1. The van der Waals surface area contributed by atoms with Crippen molar-refractivity contribution >= 4 is 27.4 Å². The number of anilines is 2. The van der Waals surface area contributed by atoms with Crippen molar-refractivity contribution in [2.75, 3.05) is 31.2 Å². The van der Waals surface area contributed by atoms with Crippen molar-refractivity contribution in [1.29, 1.82) is 0 Å². The number of nitrogens with one attached hydrogen (secondary N) is 2. The molecule has 0 unspecified atom stereocenters. The average Bonchev–Trinajstić information content (AvgIpc) is 2.37. The molecule has 0 heterocycles. The standard InChI is InChI=1S/C11H17N3O4S/c1-3-14-19(16,17)8-4-5-9(12)10(6-8)13-7-11(15)18-2/h4-6,13-14H,3,7,12H2,1-2H3. The Bertz CT molecular complexity index is 557. The number of methoxy groups -OCH3 is 1. The van der Waals surface area contributed by atoms with Crippen LogP contribution >= 0.6 is 0 Å². The van der Waals surface area contributed by atoms with Crippen LogP contribution in [0, 0.1) is 0 Å². The number of esters is 1. The molecule has 7 nitrogen and oxygen atoms in total. The van der Waals surface area contributed by atoms with Gasteiger partial charge in [-0.25, -0.2) is 13.1 Å². The number of rotatable bonds is 6. The minimum Gasteiger partial charge on any atom is -0.468 e. The Morgan fingerprint density at radius 2 is 2.11 bits per heavy atom. The monoisotopic (exact) mass is 287 g/mol. The van der Waals surface area contributed by atoms with Crippen LogP contribution in [0.4, 0.5) is 11.4 Å². The molecule has 106 valence electrons. The molecular weight excluding hydrogens is 270 g/mol. The van der Waals surface area contributed by atoms with Crippen LogP contribution in [0.15, 0.2) is 23.1 Å². The summed E-state index contributed by atoms with van der Waals surface area (Å²) in [7, 11) is -2.29. The van der Waals surface area contributed by atoms with Gasteiger partial charge >= 0.3 is 5.97 Å². The van der Waals surface area contributed by atoms with E-state index in [1.807, 2.05) is 0 Å². The summed E-state index contributed by atoms with van der Waals surface area (Å²) in [6, 6.07) is 4.23. The summed E-state index contributed by atoms with van der Waals surface area (Å²) in [5.74, 6) is -0.473. The van der Waals surface area contributed by atoms with E-state index in [2.05, 4.69) is 14.8 Å². The van der Waals surface area contributed by atoms with Crippen LogP contribution in [0.5, 0.6) is 0 Å². The highest BCUT2D eigenvalue weighted by atomic mass is 32.2. The van der Waals surface area contributed by atoms with Crippen molar-refractivity contribution in [3.63, 3.8) is 0 Å². The van der Waals surface area contributed by atoms with Gasteiger partial charge in [0.25, 0.3) is 0 Å². The fraction of sp³-hybridized carbons (Fsp3) is 0.364. The molecule has 4 N–H and O–H groups in total. The highest BCUT2D eigenvalue weighted by molar-refractivity contribution is 7.89. The third kappa shape index (κ3) is 4.11. The molecule has 0 fully saturated rings. The zero-order chi connectivity index (χ0) is 14.5. The number of nitrogen functional groups attached to an aromatic ring is 1. The second kappa shape index (κ2) is 6.39. The van der Waals surface area contributed by atoms with Crippen LogP contribution in [0.3, 0.4) is 0 Å². The molecule has 0 saturated heterocycles. The first-order valence-electron chi connectivity index (χ1n) is 5.60. The fourth-order valence-electron chi connectivity index (χ4n) is 1.37. The number of carbonyl (C=O) groups excluding carboxylic acids is 1. The van der Waals surface area contributed by atoms with Gasteiger partial charge < -0.3 is 15.8 Å². The number of benzene rings is 1. The normalized spacial score (nSPS) is 11.1. The second-order valence-corrected chi connectivity index (χ2v) is 5.45. The second-order valence-electron chi connectivity index (χ2n) is 3.68. The van der Waals surface area contributed by atoms with Gasteiger partial charge in [-0.2, -0.15) is 0 Å². The molecule has 0 radical (unpaired) electrons. The van der Waals surface area contributed by atoms with Crippen molar-refractivity contribution in [2.24, 2.45) is 0 Å². The van der Waals surface area contributed by atoms with E-state index in [0.29, 0.717) is 11.4 Å². The SMILES string of the molecule is CCNS(=O)(=O)c1ccc(N)c(NCC(=O)OC)c1. The maximum absolute atomic E-state index is 11.8. The van der Waals surface area contributed by atoms with Crippen molar-refractivity contribution in [1.82, 2.24) is 4.72 Å². The van der Waals surface area contributed by atoms with E-state index in [1.165, 1.54) is 25.3 Å². The number of hydrogen-bond donors (Lipinski definition) is 3. The summed E-state index contributed by atoms with van der Waals surface area (Å²) in [6.45, 7) is 1.88. The lowest BCUT2D eigenvalue weighted by atomic mass is 10.2. The summed E-state index contributed by atoms with van der Waals surface area (Å²) in [4.78, 5) is 11.1. The summed E-state index contributed by atoms with van der Waals surface area (Å²) in [5, 5.41) is 2.73. The summed E-state index contributed by atoms with van der Waals surface area (Å²) >= 11 is 0. The average molecular weight is 287 g/mol. The van der Waals surface area contributed by atoms with Crippen molar-refractivity contribution < 1.29 is 17.9 Å². The number of hydrogen-bond acceptors (Lipinski definition) is 6. The van der Waals surface area contributed by atoms with Gasteiger partial charge in [0.05, 0.1) is 23.4 Å². The van der Waals surface area contributed by atoms with Gasteiger partial charge in [-0.3, -0.25) is 4.79 Å². The van der Waals surface area contributed by atoms with E-state index in [1.54, 1.807) is 6.92 Å². The molecule has 19 heavy (non-hydrogen) atoms. The molecule has 1 aromatic rings. The Labute approximate surface area is 112 Å². The summed E-state index contributed by atoms with van der Waals surface area (Å²) < 4.78 is 30.5. The summed E-state index contributed by atoms with van der Waals surface area (Å²) in [6.07, 6.45) is 0. The van der Waals surface area contributed by atoms with Gasteiger partial charge in [-0.15, -0.1) is 0 Å². The van der Waals surface area contributed by atoms with Crippen LogP contribution in [-0.4, -0.2) is 34.6 Å². The van der Waals surface area contributed by atoms with Crippen molar-refractivity contribution in [3.05, 3.63) is 18.2 Å². The molecule has 1 rings (SSSR count). The molecule has 0 bridgehead atoms. The highest BCUT2D eigenvalue weighted by Crippen LogP contribution is 2.22. The zero-order valence-corrected chi connectivity index (χ0v) is 11.6. The number of ether oxygens (including phenoxy) is 1. The van der Waals surface area contributed by atoms with Gasteiger partial charge in [0, 0.05) is 6.54 Å². The van der Waals surface area contributed by atoms with Crippen LogP contribution in [0.2, 0.25) is 0 Å². The predicted molar refractivity (Wildman–Crippen MR) is 72.2 cm³/mol. The maximum Gasteiger partial charge on any atom is 0.325 e. The van der Waals surface area contributed by atoms with Crippen LogP contribution in [0.25, 0.3) is 0 Å². The topological polar surface area (TPSA) is 111 Å².